The third kappa shape index (κ3) is 1.40. The number of carbonyl (C=O) groups is 1. The summed E-state index contributed by atoms with van der Waals surface area (Å²) < 4.78 is 4.99. The molecular weight excluding hydrogens is 154 g/mol. The summed E-state index contributed by atoms with van der Waals surface area (Å²) in [6.45, 7) is 10.6. The number of carbonyl (C=O) groups excluding carboxylic acids is 1. The molecule has 0 unspecified atom stereocenters. The van der Waals surface area contributed by atoms with Gasteiger partial charge in [-0.15, -0.1) is 0 Å². The van der Waals surface area contributed by atoms with Gasteiger partial charge in [-0.25, -0.2) is 4.79 Å². The quantitative estimate of drug-likeness (QED) is 0.558. The fourth-order valence-corrected chi connectivity index (χ4v) is 1.80. The topological polar surface area (TPSA) is 29.5 Å². The van der Waals surface area contributed by atoms with Crippen molar-refractivity contribution in [1.29, 1.82) is 0 Å². The van der Waals surface area contributed by atoms with E-state index < -0.39 is 0 Å². The minimum absolute atomic E-state index is 0.156. The number of ether oxygens (including phenoxy) is 1. The molecule has 0 spiro atoms. The van der Waals surface area contributed by atoms with Crippen molar-refractivity contribution in [3.63, 3.8) is 0 Å². The maximum absolute atomic E-state index is 11.3. The molecule has 1 heterocycles. The molecule has 0 saturated carbocycles. The van der Waals surface area contributed by atoms with E-state index in [1.54, 1.807) is 4.90 Å². The van der Waals surface area contributed by atoms with Crippen LogP contribution in [0.4, 0.5) is 4.79 Å². The highest BCUT2D eigenvalue weighted by Gasteiger charge is 2.45. The fourth-order valence-electron chi connectivity index (χ4n) is 1.80. The van der Waals surface area contributed by atoms with E-state index in [1.165, 1.54) is 0 Å². The first-order valence-electron chi connectivity index (χ1n) is 4.22. The minimum Gasteiger partial charge on any atom is -0.447 e. The molecule has 1 saturated heterocycles. The lowest BCUT2D eigenvalue weighted by Crippen LogP contribution is -2.52. The number of rotatable bonds is 0. The average Bonchev–Trinajstić information content (AvgIpc) is 2.03. The number of amides is 1. The van der Waals surface area contributed by atoms with Gasteiger partial charge in [0.25, 0.3) is 0 Å². The van der Waals surface area contributed by atoms with Crippen LogP contribution in [0, 0.1) is 0 Å². The lowest BCUT2D eigenvalue weighted by atomic mass is 9.97. The van der Waals surface area contributed by atoms with Crippen molar-refractivity contribution >= 4 is 6.09 Å². The molecule has 0 N–H and O–H groups in total. The van der Waals surface area contributed by atoms with Crippen LogP contribution in [0.2, 0.25) is 0 Å². The van der Waals surface area contributed by atoms with E-state index in [4.69, 9.17) is 4.74 Å². The summed E-state index contributed by atoms with van der Waals surface area (Å²) in [7, 11) is 0. The predicted octanol–water partition coefficient (Wildman–Crippen LogP) is 2.02. The van der Waals surface area contributed by atoms with Gasteiger partial charge in [0.2, 0.25) is 0 Å². The standard InChI is InChI=1S/C9H17NO2/c1-8(2,3)10-7(11)12-6-9(10,4)5/h6H2,1-5H3. The molecule has 0 aromatic heterocycles. The van der Waals surface area contributed by atoms with Gasteiger partial charge in [0, 0.05) is 5.54 Å². The van der Waals surface area contributed by atoms with Crippen LogP contribution < -0.4 is 0 Å². The summed E-state index contributed by atoms with van der Waals surface area (Å²) in [5, 5.41) is 0. The SMILES string of the molecule is CC(C)(C)N1C(=O)OCC1(C)C. The maximum atomic E-state index is 11.3. The number of hydrogen-bond acceptors (Lipinski definition) is 2. The Morgan fingerprint density at radius 1 is 1.42 bits per heavy atom. The van der Waals surface area contributed by atoms with Crippen LogP contribution in [-0.2, 0) is 4.74 Å². The predicted molar refractivity (Wildman–Crippen MR) is 47.0 cm³/mol. The van der Waals surface area contributed by atoms with Crippen molar-refractivity contribution < 1.29 is 9.53 Å². The summed E-state index contributed by atoms with van der Waals surface area (Å²) in [4.78, 5) is 13.1. The van der Waals surface area contributed by atoms with Crippen LogP contribution in [-0.4, -0.2) is 28.7 Å². The molecule has 1 aliphatic rings. The third-order valence-corrected chi connectivity index (χ3v) is 2.01. The van der Waals surface area contributed by atoms with Gasteiger partial charge in [-0.2, -0.15) is 0 Å². The average molecular weight is 171 g/mol. The van der Waals surface area contributed by atoms with E-state index in [9.17, 15) is 4.79 Å². The molecule has 0 atom stereocenters. The Balaban J connectivity index is 2.93. The van der Waals surface area contributed by atoms with Crippen molar-refractivity contribution in [2.24, 2.45) is 0 Å². The van der Waals surface area contributed by atoms with Gasteiger partial charge >= 0.3 is 6.09 Å². The van der Waals surface area contributed by atoms with Crippen molar-refractivity contribution in [3.05, 3.63) is 0 Å². The lowest BCUT2D eigenvalue weighted by Gasteiger charge is -2.38. The van der Waals surface area contributed by atoms with Crippen LogP contribution in [0.3, 0.4) is 0 Å². The van der Waals surface area contributed by atoms with E-state index in [-0.39, 0.29) is 17.2 Å². The highest BCUT2D eigenvalue weighted by molar-refractivity contribution is 5.71. The molecule has 3 nitrogen and oxygen atoms in total. The van der Waals surface area contributed by atoms with Crippen molar-refractivity contribution in [1.82, 2.24) is 4.90 Å². The molecule has 1 fully saturated rings. The highest BCUT2D eigenvalue weighted by Crippen LogP contribution is 2.30. The molecule has 0 radical (unpaired) electrons. The largest absolute Gasteiger partial charge is 0.447 e. The first-order chi connectivity index (χ1) is 5.25. The van der Waals surface area contributed by atoms with Crippen molar-refractivity contribution in [2.45, 2.75) is 45.7 Å². The Bertz CT molecular complexity index is 203. The zero-order valence-electron chi connectivity index (χ0n) is 8.47. The van der Waals surface area contributed by atoms with E-state index in [0.717, 1.165) is 0 Å². The molecule has 12 heavy (non-hydrogen) atoms. The van der Waals surface area contributed by atoms with Crippen LogP contribution >= 0.6 is 0 Å². The molecule has 0 aliphatic carbocycles. The van der Waals surface area contributed by atoms with Gasteiger partial charge in [-0.1, -0.05) is 0 Å². The van der Waals surface area contributed by atoms with Gasteiger partial charge in [0.05, 0.1) is 5.54 Å². The minimum atomic E-state index is -0.201. The van der Waals surface area contributed by atoms with Crippen LogP contribution in [0.15, 0.2) is 0 Å². The van der Waals surface area contributed by atoms with Gasteiger partial charge in [0.1, 0.15) is 6.61 Å². The fraction of sp³-hybridized carbons (Fsp3) is 0.889. The summed E-state index contributed by atoms with van der Waals surface area (Å²) in [5.41, 5.74) is -0.327. The van der Waals surface area contributed by atoms with Gasteiger partial charge < -0.3 is 4.74 Å². The van der Waals surface area contributed by atoms with Gasteiger partial charge in [-0.3, -0.25) is 4.90 Å². The van der Waals surface area contributed by atoms with Gasteiger partial charge in [0.15, 0.2) is 0 Å². The summed E-state index contributed by atoms with van der Waals surface area (Å²) in [6.07, 6.45) is -0.201. The molecule has 70 valence electrons. The number of cyclic esters (lactones) is 1. The molecule has 1 aliphatic heterocycles. The van der Waals surface area contributed by atoms with E-state index in [2.05, 4.69) is 0 Å². The van der Waals surface area contributed by atoms with Crippen molar-refractivity contribution in [2.75, 3.05) is 6.61 Å². The Labute approximate surface area is 73.7 Å². The Kier molecular flexibility index (Phi) is 1.85. The highest BCUT2D eigenvalue weighted by atomic mass is 16.6. The van der Waals surface area contributed by atoms with E-state index in [1.807, 2.05) is 34.6 Å². The Morgan fingerprint density at radius 2 is 1.92 bits per heavy atom. The summed E-state index contributed by atoms with van der Waals surface area (Å²) >= 11 is 0. The molecule has 3 heteroatoms. The Hall–Kier alpha value is -0.730. The van der Waals surface area contributed by atoms with E-state index in [0.29, 0.717) is 6.61 Å². The molecule has 1 rings (SSSR count). The first kappa shape index (κ1) is 9.36. The number of hydrogen-bond donors (Lipinski definition) is 0. The zero-order valence-corrected chi connectivity index (χ0v) is 8.47. The normalized spacial score (nSPS) is 22.8. The molecule has 1 amide bonds. The molecule has 0 bridgehead atoms. The van der Waals surface area contributed by atoms with Crippen LogP contribution in [0.5, 0.6) is 0 Å². The molecule has 0 aromatic carbocycles. The zero-order chi connectivity index (χ0) is 9.57. The summed E-state index contributed by atoms with van der Waals surface area (Å²) in [6, 6.07) is 0. The second-order valence-corrected chi connectivity index (χ2v) is 4.87. The smallest absolute Gasteiger partial charge is 0.410 e. The molecular formula is C9H17NO2. The van der Waals surface area contributed by atoms with Crippen molar-refractivity contribution in [3.8, 4) is 0 Å². The monoisotopic (exact) mass is 171 g/mol. The Morgan fingerprint density at radius 3 is 2.08 bits per heavy atom. The second-order valence-electron chi connectivity index (χ2n) is 4.87. The van der Waals surface area contributed by atoms with Crippen LogP contribution in [0.1, 0.15) is 34.6 Å². The molecule has 0 aromatic rings. The first-order valence-corrected chi connectivity index (χ1v) is 4.22. The number of nitrogens with zero attached hydrogens (tertiary/aromatic N) is 1. The lowest BCUT2D eigenvalue weighted by molar-refractivity contribution is 0.0977. The third-order valence-electron chi connectivity index (χ3n) is 2.01. The maximum Gasteiger partial charge on any atom is 0.410 e. The van der Waals surface area contributed by atoms with Crippen LogP contribution in [0.25, 0.3) is 0 Å². The van der Waals surface area contributed by atoms with E-state index >= 15 is 0 Å². The van der Waals surface area contributed by atoms with Gasteiger partial charge in [-0.05, 0) is 34.6 Å². The summed E-state index contributed by atoms with van der Waals surface area (Å²) in [5.74, 6) is 0. The second kappa shape index (κ2) is 2.38.